The Kier molecular flexibility index (Phi) is 4.76. The molecule has 0 spiro atoms. The molecule has 7 heteroatoms. The zero-order valence-corrected chi connectivity index (χ0v) is 14.1. The number of rotatable bonds is 5. The first-order valence-electron chi connectivity index (χ1n) is 7.33. The van der Waals surface area contributed by atoms with Crippen molar-refractivity contribution in [1.82, 2.24) is 4.98 Å². The van der Waals surface area contributed by atoms with Gasteiger partial charge in [0.25, 0.3) is 5.69 Å². The number of nitro groups is 1. The summed E-state index contributed by atoms with van der Waals surface area (Å²) in [5, 5.41) is 21.2. The van der Waals surface area contributed by atoms with Gasteiger partial charge in [-0.25, -0.2) is 4.98 Å². The van der Waals surface area contributed by atoms with Crippen molar-refractivity contribution in [3.05, 3.63) is 69.2 Å². The van der Waals surface area contributed by atoms with E-state index in [1.807, 2.05) is 24.3 Å². The number of thiazole rings is 1. The summed E-state index contributed by atoms with van der Waals surface area (Å²) in [5.74, 6) is 0.485. The largest absolute Gasteiger partial charge is 0.504 e. The van der Waals surface area contributed by atoms with E-state index >= 15 is 0 Å². The third-order valence-electron chi connectivity index (χ3n) is 3.45. The molecule has 0 bridgehead atoms. The number of phenols is 1. The fourth-order valence-electron chi connectivity index (χ4n) is 2.21. The lowest BCUT2D eigenvalue weighted by Crippen LogP contribution is -1.86. The summed E-state index contributed by atoms with van der Waals surface area (Å²) >= 11 is 1.49. The molecule has 0 radical (unpaired) electrons. The lowest BCUT2D eigenvalue weighted by Gasteiger charge is -2.01. The van der Waals surface area contributed by atoms with E-state index in [0.717, 1.165) is 15.3 Å². The maximum Gasteiger partial charge on any atom is 0.269 e. The summed E-state index contributed by atoms with van der Waals surface area (Å²) in [6.45, 7) is 0. The number of fused-ring (bicyclic) bond motifs is 1. The molecular formula is C18H14N2O4S. The van der Waals surface area contributed by atoms with Crippen molar-refractivity contribution >= 4 is 39.4 Å². The summed E-state index contributed by atoms with van der Waals surface area (Å²) in [6, 6.07) is 9.65. The molecule has 0 aliphatic carbocycles. The third kappa shape index (κ3) is 3.84. The van der Waals surface area contributed by atoms with Crippen LogP contribution in [-0.2, 0) is 0 Å². The molecule has 126 valence electrons. The average Bonchev–Trinajstić information content (AvgIpc) is 2.99. The zero-order valence-electron chi connectivity index (χ0n) is 13.2. The van der Waals surface area contributed by atoms with Gasteiger partial charge in [0.15, 0.2) is 11.5 Å². The molecule has 0 aliphatic rings. The minimum Gasteiger partial charge on any atom is -0.504 e. The summed E-state index contributed by atoms with van der Waals surface area (Å²) in [4.78, 5) is 14.6. The zero-order chi connectivity index (χ0) is 17.8. The maximum atomic E-state index is 10.6. The van der Waals surface area contributed by atoms with Crippen LogP contribution in [0.3, 0.4) is 0 Å². The number of phenolic OH excluding ortho intramolecular Hbond substituents is 1. The predicted molar refractivity (Wildman–Crippen MR) is 99.0 cm³/mol. The molecule has 6 nitrogen and oxygen atoms in total. The van der Waals surface area contributed by atoms with Gasteiger partial charge in [0.1, 0.15) is 5.01 Å². The molecule has 3 rings (SSSR count). The first kappa shape index (κ1) is 16.7. The van der Waals surface area contributed by atoms with Crippen molar-refractivity contribution in [3.8, 4) is 11.5 Å². The van der Waals surface area contributed by atoms with Crippen LogP contribution >= 0.6 is 11.3 Å². The Morgan fingerprint density at radius 3 is 2.60 bits per heavy atom. The van der Waals surface area contributed by atoms with Crippen LogP contribution in [0.2, 0.25) is 0 Å². The number of nitro benzene ring substituents is 1. The van der Waals surface area contributed by atoms with Gasteiger partial charge in [0.2, 0.25) is 0 Å². The van der Waals surface area contributed by atoms with Gasteiger partial charge in [0.05, 0.1) is 22.2 Å². The van der Waals surface area contributed by atoms with Crippen LogP contribution in [0, 0.1) is 10.1 Å². The minimum atomic E-state index is -0.423. The first-order valence-corrected chi connectivity index (χ1v) is 8.15. The summed E-state index contributed by atoms with van der Waals surface area (Å²) in [6.07, 6.45) is 7.39. The van der Waals surface area contributed by atoms with Crippen LogP contribution in [0.1, 0.15) is 10.6 Å². The monoisotopic (exact) mass is 354 g/mol. The topological polar surface area (TPSA) is 85.5 Å². The number of non-ortho nitro benzene ring substituents is 1. The number of aromatic hydroxyl groups is 1. The predicted octanol–water partition coefficient (Wildman–Crippen LogP) is 4.65. The number of hydrogen-bond acceptors (Lipinski definition) is 6. The second-order valence-electron chi connectivity index (χ2n) is 5.11. The molecule has 0 unspecified atom stereocenters. The number of methoxy groups -OCH3 is 1. The molecule has 0 saturated carbocycles. The van der Waals surface area contributed by atoms with E-state index < -0.39 is 4.92 Å². The van der Waals surface area contributed by atoms with Crippen LogP contribution in [0.25, 0.3) is 22.4 Å². The number of nitrogens with zero attached hydrogens (tertiary/aromatic N) is 2. The number of aromatic nitrogens is 1. The van der Waals surface area contributed by atoms with Gasteiger partial charge >= 0.3 is 0 Å². The SMILES string of the molecule is COc1cc2sc(/C=C/C=C/c3ccc([N+](=O)[O-])cc3)nc2cc1O. The van der Waals surface area contributed by atoms with Crippen LogP contribution < -0.4 is 4.74 Å². The molecule has 0 atom stereocenters. The van der Waals surface area contributed by atoms with E-state index in [1.165, 1.54) is 30.6 Å². The lowest BCUT2D eigenvalue weighted by atomic mass is 10.2. The molecule has 25 heavy (non-hydrogen) atoms. The van der Waals surface area contributed by atoms with E-state index in [2.05, 4.69) is 4.98 Å². The van der Waals surface area contributed by atoms with Crippen molar-refractivity contribution in [3.63, 3.8) is 0 Å². The highest BCUT2D eigenvalue weighted by molar-refractivity contribution is 7.19. The fraction of sp³-hybridized carbons (Fsp3) is 0.0556. The van der Waals surface area contributed by atoms with E-state index in [9.17, 15) is 15.2 Å². The summed E-state index contributed by atoms with van der Waals surface area (Å²) < 4.78 is 6.02. The van der Waals surface area contributed by atoms with Crippen LogP contribution in [0.4, 0.5) is 5.69 Å². The Hall–Kier alpha value is -3.19. The van der Waals surface area contributed by atoms with Gasteiger partial charge in [-0.1, -0.05) is 18.2 Å². The van der Waals surface area contributed by atoms with E-state index in [4.69, 9.17) is 4.74 Å². The molecule has 1 heterocycles. The highest BCUT2D eigenvalue weighted by atomic mass is 32.1. The Labute approximate surface area is 147 Å². The molecule has 3 aromatic rings. The van der Waals surface area contributed by atoms with Gasteiger partial charge in [0, 0.05) is 24.3 Å². The molecule has 0 aliphatic heterocycles. The van der Waals surface area contributed by atoms with E-state index in [0.29, 0.717) is 11.3 Å². The number of allylic oxidation sites excluding steroid dienone is 2. The van der Waals surface area contributed by atoms with Gasteiger partial charge in [-0.3, -0.25) is 10.1 Å². The highest BCUT2D eigenvalue weighted by Crippen LogP contribution is 2.34. The van der Waals surface area contributed by atoms with Gasteiger partial charge < -0.3 is 9.84 Å². The average molecular weight is 354 g/mol. The molecule has 2 aromatic carbocycles. The summed E-state index contributed by atoms with van der Waals surface area (Å²) in [7, 11) is 1.51. The molecule has 1 aromatic heterocycles. The van der Waals surface area contributed by atoms with Gasteiger partial charge in [-0.05, 0) is 23.8 Å². The maximum absolute atomic E-state index is 10.6. The number of hydrogen-bond donors (Lipinski definition) is 1. The lowest BCUT2D eigenvalue weighted by molar-refractivity contribution is -0.384. The Morgan fingerprint density at radius 2 is 1.92 bits per heavy atom. The second-order valence-corrected chi connectivity index (χ2v) is 6.17. The van der Waals surface area contributed by atoms with Crippen LogP contribution in [-0.4, -0.2) is 22.1 Å². The quantitative estimate of drug-likeness (QED) is 0.410. The number of benzene rings is 2. The van der Waals surface area contributed by atoms with Crippen molar-refractivity contribution < 1.29 is 14.8 Å². The van der Waals surface area contributed by atoms with Crippen molar-refractivity contribution in [1.29, 1.82) is 0 Å². The molecule has 1 N–H and O–H groups in total. The van der Waals surface area contributed by atoms with Gasteiger partial charge in [-0.15, -0.1) is 11.3 Å². The Bertz CT molecular complexity index is 975. The summed E-state index contributed by atoms with van der Waals surface area (Å²) in [5.41, 5.74) is 1.65. The second kappa shape index (κ2) is 7.14. The molecule has 0 saturated heterocycles. The minimum absolute atomic E-state index is 0.0638. The van der Waals surface area contributed by atoms with Gasteiger partial charge in [-0.2, -0.15) is 0 Å². The normalized spacial score (nSPS) is 11.6. The molecule has 0 amide bonds. The number of ether oxygens (including phenoxy) is 1. The Morgan fingerprint density at radius 1 is 1.20 bits per heavy atom. The van der Waals surface area contributed by atoms with Crippen LogP contribution in [0.5, 0.6) is 11.5 Å². The third-order valence-corrected chi connectivity index (χ3v) is 4.43. The first-order chi connectivity index (χ1) is 12.1. The van der Waals surface area contributed by atoms with Crippen LogP contribution in [0.15, 0.2) is 48.6 Å². The fourth-order valence-corrected chi connectivity index (χ4v) is 3.10. The van der Waals surface area contributed by atoms with Crippen molar-refractivity contribution in [2.75, 3.05) is 7.11 Å². The smallest absolute Gasteiger partial charge is 0.269 e. The standard InChI is InChI=1S/C18H14N2O4S/c1-24-16-11-17-14(10-15(16)21)19-18(25-17)5-3-2-4-12-6-8-13(9-7-12)20(22)23/h2-11,21H,1H3/b4-2+,5-3+. The van der Waals surface area contributed by atoms with Crippen molar-refractivity contribution in [2.24, 2.45) is 0 Å². The Balaban J connectivity index is 1.73. The van der Waals surface area contributed by atoms with Crippen molar-refractivity contribution in [2.45, 2.75) is 0 Å². The molecular weight excluding hydrogens is 340 g/mol. The van der Waals surface area contributed by atoms with E-state index in [-0.39, 0.29) is 11.4 Å². The molecule has 0 fully saturated rings. The highest BCUT2D eigenvalue weighted by Gasteiger charge is 2.08. The van der Waals surface area contributed by atoms with E-state index in [1.54, 1.807) is 24.3 Å².